The Bertz CT molecular complexity index is 694. The molecule has 0 saturated heterocycles. The molecule has 2 aromatic rings. The number of carbonyl (C=O) groups is 2. The van der Waals surface area contributed by atoms with E-state index in [-0.39, 0.29) is 5.91 Å². The van der Waals surface area contributed by atoms with Gasteiger partial charge in [0, 0.05) is 18.0 Å². The number of carboxylic acid groups (broad SMARTS) is 1. The molecule has 2 N–H and O–H groups in total. The van der Waals surface area contributed by atoms with Gasteiger partial charge in [-0.3, -0.25) is 9.78 Å². The smallest absolute Gasteiger partial charge is 0.328 e. The summed E-state index contributed by atoms with van der Waals surface area (Å²) in [7, 11) is 0. The lowest BCUT2D eigenvalue weighted by atomic mass is 10.1. The van der Waals surface area contributed by atoms with Crippen molar-refractivity contribution in [2.24, 2.45) is 0 Å². The minimum atomic E-state index is -1.02. The molecule has 0 spiro atoms. The number of nitrogens with one attached hydrogen (secondary N) is 1. The summed E-state index contributed by atoms with van der Waals surface area (Å²) in [6.45, 7) is 1.87. The Kier molecular flexibility index (Phi) is 4.46. The van der Waals surface area contributed by atoms with Crippen LogP contribution >= 0.6 is 0 Å². The van der Waals surface area contributed by atoms with Crippen LogP contribution in [-0.2, 0) is 4.79 Å². The molecule has 0 saturated carbocycles. The Labute approximate surface area is 122 Å². The highest BCUT2D eigenvalue weighted by atomic mass is 16.4. The maximum absolute atomic E-state index is 12.0. The number of anilines is 1. The summed E-state index contributed by atoms with van der Waals surface area (Å²) in [5.41, 5.74) is 2.56. The maximum Gasteiger partial charge on any atom is 0.328 e. The molecule has 0 atom stereocenters. The lowest BCUT2D eigenvalue weighted by Gasteiger charge is -2.07. The molecule has 5 heteroatoms. The number of hydrogen-bond acceptors (Lipinski definition) is 3. The number of benzene rings is 1. The lowest BCUT2D eigenvalue weighted by Crippen LogP contribution is -2.13. The van der Waals surface area contributed by atoms with Crippen molar-refractivity contribution in [2.45, 2.75) is 6.92 Å². The van der Waals surface area contributed by atoms with Gasteiger partial charge in [0.05, 0.1) is 0 Å². The lowest BCUT2D eigenvalue weighted by molar-refractivity contribution is -0.131. The monoisotopic (exact) mass is 282 g/mol. The Morgan fingerprint density at radius 3 is 2.71 bits per heavy atom. The van der Waals surface area contributed by atoms with Crippen LogP contribution in [0.25, 0.3) is 6.08 Å². The van der Waals surface area contributed by atoms with Crippen LogP contribution in [0.15, 0.2) is 48.7 Å². The highest BCUT2D eigenvalue weighted by molar-refractivity contribution is 6.03. The van der Waals surface area contributed by atoms with Gasteiger partial charge in [0.1, 0.15) is 5.69 Å². The van der Waals surface area contributed by atoms with Crippen molar-refractivity contribution in [1.29, 1.82) is 0 Å². The van der Waals surface area contributed by atoms with Crippen LogP contribution in [0.4, 0.5) is 5.69 Å². The van der Waals surface area contributed by atoms with Crippen LogP contribution in [0, 0.1) is 6.92 Å². The highest BCUT2D eigenvalue weighted by Gasteiger charge is 2.07. The summed E-state index contributed by atoms with van der Waals surface area (Å²) in [6.07, 6.45) is 4.10. The molecule has 106 valence electrons. The standard InChI is InChI=1S/C16H14N2O3/c1-11-5-7-13(10-12(11)6-8-15(19)20)18-16(21)14-4-2-3-9-17-14/h2-10H,1H3,(H,18,21)(H,19,20). The zero-order valence-corrected chi connectivity index (χ0v) is 11.4. The van der Waals surface area contributed by atoms with E-state index >= 15 is 0 Å². The first-order valence-electron chi connectivity index (χ1n) is 6.30. The van der Waals surface area contributed by atoms with Gasteiger partial charge >= 0.3 is 5.97 Å². The second-order valence-corrected chi connectivity index (χ2v) is 4.41. The molecular formula is C16H14N2O3. The van der Waals surface area contributed by atoms with E-state index in [4.69, 9.17) is 5.11 Å². The van der Waals surface area contributed by atoms with Gasteiger partial charge in [-0.2, -0.15) is 0 Å². The largest absolute Gasteiger partial charge is 0.478 e. The molecule has 1 aromatic heterocycles. The second-order valence-electron chi connectivity index (χ2n) is 4.41. The predicted molar refractivity (Wildman–Crippen MR) is 80.0 cm³/mol. The molecule has 1 heterocycles. The molecule has 0 radical (unpaired) electrons. The molecule has 1 aromatic carbocycles. The summed E-state index contributed by atoms with van der Waals surface area (Å²) < 4.78 is 0. The number of nitrogens with zero attached hydrogens (tertiary/aromatic N) is 1. The number of pyridine rings is 1. The van der Waals surface area contributed by atoms with Crippen LogP contribution in [0.2, 0.25) is 0 Å². The fourth-order valence-corrected chi connectivity index (χ4v) is 1.75. The van der Waals surface area contributed by atoms with Crippen LogP contribution < -0.4 is 5.32 Å². The van der Waals surface area contributed by atoms with Gasteiger partial charge in [-0.05, 0) is 48.4 Å². The first kappa shape index (κ1) is 14.5. The molecule has 0 fully saturated rings. The van der Waals surface area contributed by atoms with Gasteiger partial charge in [-0.25, -0.2) is 4.79 Å². The predicted octanol–water partition coefficient (Wildman–Crippen LogP) is 2.74. The third-order valence-electron chi connectivity index (χ3n) is 2.84. The van der Waals surface area contributed by atoms with Crippen molar-refractivity contribution in [2.75, 3.05) is 5.32 Å². The van der Waals surface area contributed by atoms with E-state index in [2.05, 4.69) is 10.3 Å². The van der Waals surface area contributed by atoms with Gasteiger partial charge in [-0.15, -0.1) is 0 Å². The summed E-state index contributed by atoms with van der Waals surface area (Å²) >= 11 is 0. The van der Waals surface area contributed by atoms with Gasteiger partial charge < -0.3 is 10.4 Å². The number of carbonyl (C=O) groups excluding carboxylic acids is 1. The maximum atomic E-state index is 12.0. The van der Waals surface area contributed by atoms with Gasteiger partial charge in [-0.1, -0.05) is 12.1 Å². The molecule has 5 nitrogen and oxygen atoms in total. The van der Waals surface area contributed by atoms with Crippen molar-refractivity contribution in [1.82, 2.24) is 4.98 Å². The quantitative estimate of drug-likeness (QED) is 0.845. The first-order chi connectivity index (χ1) is 10.1. The average molecular weight is 282 g/mol. The molecule has 1 amide bonds. The molecule has 21 heavy (non-hydrogen) atoms. The number of amides is 1. The first-order valence-corrected chi connectivity index (χ1v) is 6.30. The van der Waals surface area contributed by atoms with E-state index in [1.165, 1.54) is 6.08 Å². The van der Waals surface area contributed by atoms with Crippen LogP contribution in [-0.4, -0.2) is 22.0 Å². The minimum absolute atomic E-state index is 0.312. The Hall–Kier alpha value is -2.95. The average Bonchev–Trinajstić information content (AvgIpc) is 2.48. The van der Waals surface area contributed by atoms with Crippen molar-refractivity contribution in [3.05, 3.63) is 65.5 Å². The minimum Gasteiger partial charge on any atom is -0.478 e. The van der Waals surface area contributed by atoms with Gasteiger partial charge in [0.25, 0.3) is 5.91 Å². The second kappa shape index (κ2) is 6.47. The van der Waals surface area contributed by atoms with Crippen molar-refractivity contribution >= 4 is 23.6 Å². The number of rotatable bonds is 4. The third kappa shape index (κ3) is 4.01. The fraction of sp³-hybridized carbons (Fsp3) is 0.0625. The van der Waals surface area contributed by atoms with Gasteiger partial charge in [0.15, 0.2) is 0 Å². The molecule has 0 aliphatic rings. The van der Waals surface area contributed by atoms with Gasteiger partial charge in [0.2, 0.25) is 0 Å². The van der Waals surface area contributed by atoms with Crippen molar-refractivity contribution in [3.8, 4) is 0 Å². The molecular weight excluding hydrogens is 268 g/mol. The topological polar surface area (TPSA) is 79.3 Å². The summed E-state index contributed by atoms with van der Waals surface area (Å²) in [4.78, 5) is 26.5. The van der Waals surface area contributed by atoms with E-state index in [9.17, 15) is 9.59 Å². The SMILES string of the molecule is Cc1ccc(NC(=O)c2ccccn2)cc1C=CC(=O)O. The third-order valence-corrected chi connectivity index (χ3v) is 2.84. The van der Waals surface area contributed by atoms with Crippen molar-refractivity contribution < 1.29 is 14.7 Å². The molecule has 0 unspecified atom stereocenters. The number of carboxylic acids is 1. The Morgan fingerprint density at radius 1 is 1.24 bits per heavy atom. The fourth-order valence-electron chi connectivity index (χ4n) is 1.75. The van der Waals surface area contributed by atoms with E-state index in [1.54, 1.807) is 36.5 Å². The zero-order valence-electron chi connectivity index (χ0n) is 11.4. The van der Waals surface area contributed by atoms with Crippen molar-refractivity contribution in [3.63, 3.8) is 0 Å². The molecule has 2 rings (SSSR count). The Morgan fingerprint density at radius 2 is 2.05 bits per heavy atom. The summed E-state index contributed by atoms with van der Waals surface area (Å²) in [5.74, 6) is -1.33. The Balaban J connectivity index is 2.19. The molecule has 0 aliphatic heterocycles. The van der Waals surface area contributed by atoms with E-state index in [0.29, 0.717) is 11.4 Å². The van der Waals surface area contributed by atoms with E-state index < -0.39 is 5.97 Å². The van der Waals surface area contributed by atoms with E-state index in [1.807, 2.05) is 13.0 Å². The number of aliphatic carboxylic acids is 1. The van der Waals surface area contributed by atoms with Crippen LogP contribution in [0.3, 0.4) is 0 Å². The zero-order chi connectivity index (χ0) is 15.2. The number of aryl methyl sites for hydroxylation is 1. The highest BCUT2D eigenvalue weighted by Crippen LogP contribution is 2.17. The van der Waals surface area contributed by atoms with E-state index in [0.717, 1.165) is 17.2 Å². The number of hydrogen-bond donors (Lipinski definition) is 2. The van der Waals surface area contributed by atoms with Crippen LogP contribution in [0.5, 0.6) is 0 Å². The summed E-state index contributed by atoms with van der Waals surface area (Å²) in [6, 6.07) is 10.4. The molecule has 0 aliphatic carbocycles. The van der Waals surface area contributed by atoms with Crippen LogP contribution in [0.1, 0.15) is 21.6 Å². The normalized spacial score (nSPS) is 10.5. The molecule has 0 bridgehead atoms. The summed E-state index contributed by atoms with van der Waals surface area (Å²) in [5, 5.41) is 11.4. The number of aromatic nitrogens is 1.